The molecule has 2 fully saturated rings. The minimum Gasteiger partial charge on any atom is -0.356 e. The van der Waals surface area contributed by atoms with Crippen LogP contribution in [0.1, 0.15) is 58.3 Å². The molecule has 6 nitrogen and oxygen atoms in total. The van der Waals surface area contributed by atoms with Gasteiger partial charge in [0, 0.05) is 24.4 Å². The molecule has 1 aliphatic heterocycles. The van der Waals surface area contributed by atoms with Gasteiger partial charge in [0.2, 0.25) is 11.8 Å². The van der Waals surface area contributed by atoms with Gasteiger partial charge in [-0.15, -0.1) is 0 Å². The van der Waals surface area contributed by atoms with E-state index in [1.165, 1.54) is 0 Å². The van der Waals surface area contributed by atoms with Crippen molar-refractivity contribution in [2.24, 2.45) is 11.8 Å². The minimum absolute atomic E-state index is 0.0162. The van der Waals surface area contributed by atoms with E-state index in [1.807, 2.05) is 0 Å². The van der Waals surface area contributed by atoms with Gasteiger partial charge < -0.3 is 10.6 Å². The number of sulfone groups is 1. The predicted octanol–water partition coefficient (Wildman–Crippen LogP) is 1.40. The summed E-state index contributed by atoms with van der Waals surface area (Å²) in [5, 5.41) is 5.87. The number of amides is 2. The minimum atomic E-state index is -2.97. The third-order valence-electron chi connectivity index (χ3n) is 5.13. The molecule has 0 radical (unpaired) electrons. The number of carbonyl (C=O) groups excluding carboxylic acids is 2. The van der Waals surface area contributed by atoms with E-state index in [0.29, 0.717) is 19.3 Å². The number of rotatable bonds is 7. The second-order valence-corrected chi connectivity index (χ2v) is 9.38. The smallest absolute Gasteiger partial charge is 0.223 e. The van der Waals surface area contributed by atoms with Crippen LogP contribution in [-0.2, 0) is 19.4 Å². The molecular weight excluding hydrogens is 328 g/mol. The van der Waals surface area contributed by atoms with E-state index in [2.05, 4.69) is 17.6 Å². The largest absolute Gasteiger partial charge is 0.356 e. The highest BCUT2D eigenvalue weighted by Gasteiger charge is 2.33. The van der Waals surface area contributed by atoms with Crippen molar-refractivity contribution in [1.82, 2.24) is 10.6 Å². The van der Waals surface area contributed by atoms with E-state index in [4.69, 9.17) is 0 Å². The Morgan fingerprint density at radius 2 is 1.58 bits per heavy atom. The average molecular weight is 359 g/mol. The maximum Gasteiger partial charge on any atom is 0.223 e. The third-order valence-corrected chi connectivity index (χ3v) is 6.90. The summed E-state index contributed by atoms with van der Waals surface area (Å²) in [5.41, 5.74) is 0. The van der Waals surface area contributed by atoms with Crippen molar-refractivity contribution in [3.05, 3.63) is 0 Å². The monoisotopic (exact) mass is 358 g/mol. The first kappa shape index (κ1) is 19.2. The van der Waals surface area contributed by atoms with Crippen LogP contribution in [0.3, 0.4) is 0 Å². The van der Waals surface area contributed by atoms with Gasteiger partial charge in [-0.2, -0.15) is 0 Å². The van der Waals surface area contributed by atoms with Gasteiger partial charge in [-0.3, -0.25) is 9.59 Å². The highest BCUT2D eigenvalue weighted by atomic mass is 32.2. The first-order valence-corrected chi connectivity index (χ1v) is 11.0. The van der Waals surface area contributed by atoms with E-state index in [-0.39, 0.29) is 41.2 Å². The quantitative estimate of drug-likeness (QED) is 0.673. The lowest BCUT2D eigenvalue weighted by Crippen LogP contribution is -2.42. The van der Waals surface area contributed by atoms with Gasteiger partial charge in [0.25, 0.3) is 0 Å². The van der Waals surface area contributed by atoms with Crippen molar-refractivity contribution >= 4 is 21.7 Å². The predicted molar refractivity (Wildman–Crippen MR) is 93.2 cm³/mol. The van der Waals surface area contributed by atoms with Crippen LogP contribution < -0.4 is 10.6 Å². The first-order chi connectivity index (χ1) is 11.4. The normalized spacial score (nSPS) is 29.1. The molecule has 138 valence electrons. The van der Waals surface area contributed by atoms with Crippen LogP contribution in [0.2, 0.25) is 0 Å². The van der Waals surface area contributed by atoms with Crippen molar-refractivity contribution in [2.75, 3.05) is 18.1 Å². The average Bonchev–Trinajstić information content (AvgIpc) is 2.90. The molecule has 2 aliphatic rings. The molecule has 0 aromatic heterocycles. The molecule has 0 bridgehead atoms. The van der Waals surface area contributed by atoms with Crippen LogP contribution >= 0.6 is 0 Å². The standard InChI is InChI=1S/C17H30N2O4S/c1-2-3-4-10-18-16(20)13-5-7-14(8-6-13)17(21)19-15-9-11-24(22,23)12-15/h13-15H,2-12H2,1H3,(H,18,20)(H,19,21). The number of unbranched alkanes of at least 4 members (excludes halogenated alkanes) is 2. The van der Waals surface area contributed by atoms with Gasteiger partial charge >= 0.3 is 0 Å². The SMILES string of the molecule is CCCCCNC(=O)C1CCC(C(=O)NC2CCS(=O)(=O)C2)CC1. The number of hydrogen-bond acceptors (Lipinski definition) is 4. The zero-order chi connectivity index (χ0) is 17.6. The van der Waals surface area contributed by atoms with Gasteiger partial charge in [-0.05, 0) is 38.5 Å². The summed E-state index contributed by atoms with van der Waals surface area (Å²) in [6, 6.07) is -0.234. The van der Waals surface area contributed by atoms with Gasteiger partial charge in [0.15, 0.2) is 9.84 Å². The second kappa shape index (κ2) is 8.83. The Labute approximate surface area is 145 Å². The fourth-order valence-electron chi connectivity index (χ4n) is 3.58. The molecule has 0 aromatic carbocycles. The molecular formula is C17H30N2O4S. The van der Waals surface area contributed by atoms with Gasteiger partial charge in [0.05, 0.1) is 11.5 Å². The van der Waals surface area contributed by atoms with E-state index in [9.17, 15) is 18.0 Å². The molecule has 2 rings (SSSR count). The first-order valence-electron chi connectivity index (χ1n) is 9.20. The lowest BCUT2D eigenvalue weighted by molar-refractivity contribution is -0.130. The maximum atomic E-state index is 12.3. The summed E-state index contributed by atoms with van der Waals surface area (Å²) in [7, 11) is -2.97. The number of carbonyl (C=O) groups is 2. The number of hydrogen-bond donors (Lipinski definition) is 2. The van der Waals surface area contributed by atoms with Crippen LogP contribution in [0.5, 0.6) is 0 Å². The van der Waals surface area contributed by atoms with E-state index < -0.39 is 9.84 Å². The highest BCUT2D eigenvalue weighted by Crippen LogP contribution is 2.29. The van der Waals surface area contributed by atoms with Crippen molar-refractivity contribution < 1.29 is 18.0 Å². The highest BCUT2D eigenvalue weighted by molar-refractivity contribution is 7.91. The van der Waals surface area contributed by atoms with Crippen LogP contribution in [-0.4, -0.2) is 44.3 Å². The molecule has 0 spiro atoms. The van der Waals surface area contributed by atoms with Gasteiger partial charge in [-0.25, -0.2) is 8.42 Å². The molecule has 1 atom stereocenters. The molecule has 24 heavy (non-hydrogen) atoms. The van der Waals surface area contributed by atoms with Crippen molar-refractivity contribution in [2.45, 2.75) is 64.3 Å². The molecule has 2 N–H and O–H groups in total. The summed E-state index contributed by atoms with van der Waals surface area (Å²) in [6.07, 6.45) is 6.69. The van der Waals surface area contributed by atoms with Gasteiger partial charge in [-0.1, -0.05) is 19.8 Å². The zero-order valence-corrected chi connectivity index (χ0v) is 15.4. The molecule has 0 aromatic rings. The topological polar surface area (TPSA) is 92.3 Å². The fraction of sp³-hybridized carbons (Fsp3) is 0.882. The second-order valence-electron chi connectivity index (χ2n) is 7.16. The fourth-order valence-corrected chi connectivity index (χ4v) is 5.25. The molecule has 1 unspecified atom stereocenters. The summed E-state index contributed by atoms with van der Waals surface area (Å²) in [6.45, 7) is 2.87. The Balaban J connectivity index is 1.68. The van der Waals surface area contributed by atoms with E-state index >= 15 is 0 Å². The molecule has 2 amide bonds. The molecule has 7 heteroatoms. The van der Waals surface area contributed by atoms with Crippen LogP contribution in [0, 0.1) is 11.8 Å². The van der Waals surface area contributed by atoms with Crippen molar-refractivity contribution in [1.29, 1.82) is 0 Å². The Morgan fingerprint density at radius 1 is 0.958 bits per heavy atom. The van der Waals surface area contributed by atoms with Crippen LogP contribution in [0.25, 0.3) is 0 Å². The zero-order valence-electron chi connectivity index (χ0n) is 14.6. The Hall–Kier alpha value is -1.11. The molecule has 1 aliphatic carbocycles. The van der Waals surface area contributed by atoms with Crippen molar-refractivity contribution in [3.8, 4) is 0 Å². The van der Waals surface area contributed by atoms with E-state index in [1.54, 1.807) is 0 Å². The summed E-state index contributed by atoms with van der Waals surface area (Å²) in [5.74, 6) is 0.239. The lowest BCUT2D eigenvalue weighted by Gasteiger charge is -2.27. The molecule has 1 saturated heterocycles. The van der Waals surface area contributed by atoms with E-state index in [0.717, 1.165) is 38.6 Å². The van der Waals surface area contributed by atoms with Crippen molar-refractivity contribution in [3.63, 3.8) is 0 Å². The Kier molecular flexibility index (Phi) is 7.07. The third kappa shape index (κ3) is 5.76. The summed E-state index contributed by atoms with van der Waals surface area (Å²) in [4.78, 5) is 24.4. The Morgan fingerprint density at radius 3 is 2.12 bits per heavy atom. The molecule has 1 saturated carbocycles. The summed E-state index contributed by atoms with van der Waals surface area (Å²) >= 11 is 0. The summed E-state index contributed by atoms with van der Waals surface area (Å²) < 4.78 is 22.9. The van der Waals surface area contributed by atoms with Gasteiger partial charge in [0.1, 0.15) is 0 Å². The van der Waals surface area contributed by atoms with Crippen LogP contribution in [0.4, 0.5) is 0 Å². The molecule has 1 heterocycles. The van der Waals surface area contributed by atoms with Crippen LogP contribution in [0.15, 0.2) is 0 Å². The maximum absolute atomic E-state index is 12.3. The Bertz CT molecular complexity index is 539. The lowest BCUT2D eigenvalue weighted by atomic mass is 9.81. The number of nitrogens with one attached hydrogen (secondary N) is 2.